The molecule has 2 aromatic rings. The van der Waals surface area contributed by atoms with Gasteiger partial charge in [0, 0.05) is 38.7 Å². The second-order valence-electron chi connectivity index (χ2n) is 7.32. The van der Waals surface area contributed by atoms with Gasteiger partial charge in [-0.05, 0) is 30.0 Å². The highest BCUT2D eigenvalue weighted by Crippen LogP contribution is 2.23. The minimum atomic E-state index is 0. The molecule has 0 bridgehead atoms. The van der Waals surface area contributed by atoms with Crippen LogP contribution >= 0.6 is 24.0 Å². The Hall–Kier alpha value is -2.00. The molecule has 164 valence electrons. The lowest BCUT2D eigenvalue weighted by atomic mass is 10.1. The number of phenols is 1. The molecule has 1 aliphatic rings. The standard InChI is InChI=1S/C23H31N3O3.HI/c1-24-23(25-12-10-20-8-9-21(28-2)14-22(20)27)26-13-11-19(15-26)17-29-16-18-6-4-3-5-7-18;/h3-9,14,19,27H,10-13,15-17H2,1-2H3,(H,24,25);1H. The van der Waals surface area contributed by atoms with Crippen LogP contribution in [0.15, 0.2) is 53.5 Å². The summed E-state index contributed by atoms with van der Waals surface area (Å²) in [5, 5.41) is 13.5. The maximum Gasteiger partial charge on any atom is 0.193 e. The topological polar surface area (TPSA) is 66.3 Å². The van der Waals surface area contributed by atoms with Crippen LogP contribution in [0.4, 0.5) is 0 Å². The normalized spacial score (nSPS) is 16.3. The predicted molar refractivity (Wildman–Crippen MR) is 131 cm³/mol. The monoisotopic (exact) mass is 525 g/mol. The molecule has 1 aliphatic heterocycles. The quantitative estimate of drug-likeness (QED) is 0.313. The maximum absolute atomic E-state index is 10.1. The summed E-state index contributed by atoms with van der Waals surface area (Å²) in [6.07, 6.45) is 1.82. The van der Waals surface area contributed by atoms with Gasteiger partial charge in [0.2, 0.25) is 0 Å². The molecule has 2 N–H and O–H groups in total. The summed E-state index contributed by atoms with van der Waals surface area (Å²) < 4.78 is 11.0. The summed E-state index contributed by atoms with van der Waals surface area (Å²) in [4.78, 5) is 6.70. The van der Waals surface area contributed by atoms with Gasteiger partial charge in [-0.15, -0.1) is 24.0 Å². The van der Waals surface area contributed by atoms with Crippen molar-refractivity contribution in [3.05, 3.63) is 59.7 Å². The highest BCUT2D eigenvalue weighted by atomic mass is 127. The zero-order valence-corrected chi connectivity index (χ0v) is 20.0. The molecule has 2 aromatic carbocycles. The van der Waals surface area contributed by atoms with Gasteiger partial charge in [0.15, 0.2) is 5.96 Å². The van der Waals surface area contributed by atoms with Crippen LogP contribution in [0, 0.1) is 5.92 Å². The number of rotatable bonds is 8. The van der Waals surface area contributed by atoms with Gasteiger partial charge in [0.05, 0.1) is 20.3 Å². The summed E-state index contributed by atoms with van der Waals surface area (Å²) >= 11 is 0. The van der Waals surface area contributed by atoms with Crippen molar-refractivity contribution in [3.8, 4) is 11.5 Å². The number of hydrogen-bond acceptors (Lipinski definition) is 4. The predicted octanol–water partition coefficient (Wildman–Crippen LogP) is 3.68. The molecule has 1 heterocycles. The summed E-state index contributed by atoms with van der Waals surface area (Å²) in [6.45, 7) is 4.06. The largest absolute Gasteiger partial charge is 0.508 e. The Kier molecular flexibility index (Phi) is 10.2. The van der Waals surface area contributed by atoms with E-state index in [1.807, 2.05) is 37.4 Å². The summed E-state index contributed by atoms with van der Waals surface area (Å²) in [5.41, 5.74) is 2.10. The van der Waals surface area contributed by atoms with Crippen molar-refractivity contribution in [2.24, 2.45) is 10.9 Å². The van der Waals surface area contributed by atoms with E-state index in [-0.39, 0.29) is 29.7 Å². The average Bonchev–Trinajstić information content (AvgIpc) is 3.21. The van der Waals surface area contributed by atoms with E-state index in [9.17, 15) is 5.11 Å². The molecule has 1 fully saturated rings. The average molecular weight is 525 g/mol. The number of aromatic hydroxyl groups is 1. The number of nitrogens with zero attached hydrogens (tertiary/aromatic N) is 2. The number of aliphatic imine (C=N–C) groups is 1. The number of nitrogens with one attached hydrogen (secondary N) is 1. The molecule has 0 aliphatic carbocycles. The van der Waals surface area contributed by atoms with Crippen LogP contribution in [0.2, 0.25) is 0 Å². The SMILES string of the molecule is CN=C(NCCc1ccc(OC)cc1O)N1CCC(COCc2ccccc2)C1.I. The molecule has 30 heavy (non-hydrogen) atoms. The highest BCUT2D eigenvalue weighted by Gasteiger charge is 2.24. The third-order valence-electron chi connectivity index (χ3n) is 5.23. The molecule has 3 rings (SSSR count). The molecule has 0 amide bonds. The van der Waals surface area contributed by atoms with E-state index in [2.05, 4.69) is 27.3 Å². The van der Waals surface area contributed by atoms with Gasteiger partial charge in [0.25, 0.3) is 0 Å². The van der Waals surface area contributed by atoms with Gasteiger partial charge >= 0.3 is 0 Å². The minimum absolute atomic E-state index is 0. The third-order valence-corrected chi connectivity index (χ3v) is 5.23. The molecular weight excluding hydrogens is 493 g/mol. The van der Waals surface area contributed by atoms with E-state index in [0.29, 0.717) is 31.2 Å². The zero-order chi connectivity index (χ0) is 20.5. The summed E-state index contributed by atoms with van der Waals surface area (Å²) in [5.74, 6) is 2.34. The number of benzene rings is 2. The number of halogens is 1. The van der Waals surface area contributed by atoms with Gasteiger partial charge < -0.3 is 24.8 Å². The van der Waals surface area contributed by atoms with E-state index in [4.69, 9.17) is 9.47 Å². The lowest BCUT2D eigenvalue weighted by Gasteiger charge is -2.22. The van der Waals surface area contributed by atoms with E-state index in [1.54, 1.807) is 13.2 Å². The Morgan fingerprint density at radius 1 is 1.23 bits per heavy atom. The van der Waals surface area contributed by atoms with E-state index >= 15 is 0 Å². The molecule has 0 aromatic heterocycles. The van der Waals surface area contributed by atoms with Gasteiger partial charge in [-0.3, -0.25) is 4.99 Å². The molecular formula is C23H32IN3O3. The maximum atomic E-state index is 10.1. The van der Waals surface area contributed by atoms with Crippen LogP contribution in [0.3, 0.4) is 0 Å². The van der Waals surface area contributed by atoms with Crippen molar-refractivity contribution in [1.29, 1.82) is 0 Å². The fraction of sp³-hybridized carbons (Fsp3) is 0.435. The van der Waals surface area contributed by atoms with Gasteiger partial charge in [-0.2, -0.15) is 0 Å². The first-order valence-corrected chi connectivity index (χ1v) is 10.1. The van der Waals surface area contributed by atoms with Crippen molar-refractivity contribution in [3.63, 3.8) is 0 Å². The molecule has 0 saturated carbocycles. The second kappa shape index (κ2) is 12.6. The van der Waals surface area contributed by atoms with E-state index in [1.165, 1.54) is 5.56 Å². The van der Waals surface area contributed by atoms with Crippen molar-refractivity contribution in [2.75, 3.05) is 40.4 Å². The van der Waals surface area contributed by atoms with Gasteiger partial charge in [-0.1, -0.05) is 36.4 Å². The molecule has 1 atom stereocenters. The molecule has 1 saturated heterocycles. The number of phenolic OH excluding ortho intramolecular Hbond substituents is 1. The Balaban J connectivity index is 0.00000320. The van der Waals surface area contributed by atoms with Crippen molar-refractivity contribution >= 4 is 29.9 Å². The Labute approximate surface area is 196 Å². The van der Waals surface area contributed by atoms with E-state index in [0.717, 1.165) is 37.6 Å². The molecule has 0 radical (unpaired) electrons. The molecule has 1 unspecified atom stereocenters. The number of likely N-dealkylation sites (tertiary alicyclic amines) is 1. The second-order valence-corrected chi connectivity index (χ2v) is 7.32. The Morgan fingerprint density at radius 3 is 2.73 bits per heavy atom. The molecule has 7 heteroatoms. The number of ether oxygens (including phenoxy) is 2. The van der Waals surface area contributed by atoms with Crippen LogP contribution in [0.1, 0.15) is 17.5 Å². The number of hydrogen-bond donors (Lipinski definition) is 2. The Bertz CT molecular complexity index is 802. The van der Waals surface area contributed by atoms with Crippen LogP contribution in [-0.2, 0) is 17.8 Å². The summed E-state index contributed by atoms with van der Waals surface area (Å²) in [6, 6.07) is 15.7. The van der Waals surface area contributed by atoms with Crippen LogP contribution < -0.4 is 10.1 Å². The fourth-order valence-electron chi connectivity index (χ4n) is 3.60. The molecule has 6 nitrogen and oxygen atoms in total. The van der Waals surface area contributed by atoms with Crippen molar-refractivity contribution in [1.82, 2.24) is 10.2 Å². The first-order chi connectivity index (χ1) is 14.2. The number of guanidine groups is 1. The lowest BCUT2D eigenvalue weighted by Crippen LogP contribution is -2.41. The Morgan fingerprint density at radius 2 is 2.03 bits per heavy atom. The number of methoxy groups -OCH3 is 1. The lowest BCUT2D eigenvalue weighted by molar-refractivity contribution is 0.0907. The van der Waals surface area contributed by atoms with Gasteiger partial charge in [0.1, 0.15) is 11.5 Å². The van der Waals surface area contributed by atoms with Crippen molar-refractivity contribution < 1.29 is 14.6 Å². The van der Waals surface area contributed by atoms with Crippen LogP contribution in [-0.4, -0.2) is 56.4 Å². The first-order valence-electron chi connectivity index (χ1n) is 10.1. The zero-order valence-electron chi connectivity index (χ0n) is 17.7. The minimum Gasteiger partial charge on any atom is -0.508 e. The van der Waals surface area contributed by atoms with Gasteiger partial charge in [-0.25, -0.2) is 0 Å². The molecule has 0 spiro atoms. The summed E-state index contributed by atoms with van der Waals surface area (Å²) in [7, 11) is 3.41. The third kappa shape index (κ3) is 7.05. The highest BCUT2D eigenvalue weighted by molar-refractivity contribution is 14.0. The van der Waals surface area contributed by atoms with Crippen LogP contribution in [0.25, 0.3) is 0 Å². The first kappa shape index (κ1) is 24.3. The smallest absolute Gasteiger partial charge is 0.193 e. The fourth-order valence-corrected chi connectivity index (χ4v) is 3.60. The van der Waals surface area contributed by atoms with E-state index < -0.39 is 0 Å². The van der Waals surface area contributed by atoms with Crippen molar-refractivity contribution in [2.45, 2.75) is 19.4 Å². The van der Waals surface area contributed by atoms with Crippen LogP contribution in [0.5, 0.6) is 11.5 Å².